The molecule has 7 nitrogen and oxygen atoms in total. The van der Waals surface area contributed by atoms with Crippen molar-refractivity contribution in [2.45, 2.75) is 27.3 Å². The monoisotopic (exact) mass is 447 g/mol. The van der Waals surface area contributed by atoms with Gasteiger partial charge in [0.15, 0.2) is 5.78 Å². The maximum Gasteiger partial charge on any atom is 0.336 e. The Hall–Kier alpha value is -3.78. The quantitative estimate of drug-likeness (QED) is 0.473. The van der Waals surface area contributed by atoms with Crippen molar-refractivity contribution in [3.05, 3.63) is 91.4 Å². The smallest absolute Gasteiger partial charge is 0.325 e. The first kappa shape index (κ1) is 21.5. The zero-order valence-corrected chi connectivity index (χ0v) is 18.7. The third-order valence-electron chi connectivity index (χ3n) is 5.22. The highest BCUT2D eigenvalue weighted by Gasteiger charge is 2.18. The van der Waals surface area contributed by atoms with Crippen molar-refractivity contribution in [1.29, 1.82) is 0 Å². The number of nitrogens with zero attached hydrogens (tertiary/aromatic N) is 2. The number of hydrogen-bond acceptors (Lipinski definition) is 5. The van der Waals surface area contributed by atoms with Gasteiger partial charge in [-0.2, -0.15) is 0 Å². The Labute approximate surface area is 187 Å². The summed E-state index contributed by atoms with van der Waals surface area (Å²) in [7, 11) is 0. The van der Waals surface area contributed by atoms with Gasteiger partial charge in [-0.05, 0) is 68.1 Å². The van der Waals surface area contributed by atoms with Crippen LogP contribution in [0.4, 0.5) is 5.69 Å². The molecule has 0 aliphatic rings. The predicted octanol–water partition coefficient (Wildman–Crippen LogP) is 3.67. The number of hydrogen-bond donors (Lipinski definition) is 1. The SMILES string of the molecule is CC(=O)c1ccc(NC(=O)Cn2c(=O)n(-c3ccc(C)cc3C)c(=O)c3sccc32)cc1. The number of amides is 1. The molecule has 2 heterocycles. The minimum Gasteiger partial charge on any atom is -0.325 e. The van der Waals surface area contributed by atoms with Gasteiger partial charge in [0.05, 0.1) is 11.2 Å². The van der Waals surface area contributed by atoms with Gasteiger partial charge < -0.3 is 5.32 Å². The molecule has 32 heavy (non-hydrogen) atoms. The normalized spacial score (nSPS) is 11.0. The molecular weight excluding hydrogens is 426 g/mol. The highest BCUT2D eigenvalue weighted by atomic mass is 32.1. The fourth-order valence-electron chi connectivity index (χ4n) is 3.64. The standard InChI is InChI=1S/C24H21N3O4S/c1-14-4-9-19(15(2)12-14)27-23(30)22-20(10-11-32-22)26(24(27)31)13-21(29)25-18-7-5-17(6-8-18)16(3)28/h4-12H,13H2,1-3H3,(H,25,29). The molecular formula is C24H21N3O4S. The lowest BCUT2D eigenvalue weighted by molar-refractivity contribution is -0.116. The van der Waals surface area contributed by atoms with Crippen LogP contribution in [0.2, 0.25) is 0 Å². The van der Waals surface area contributed by atoms with E-state index in [0.29, 0.717) is 27.2 Å². The second-order valence-corrected chi connectivity index (χ2v) is 8.53. The minimum atomic E-state index is -0.574. The molecule has 1 amide bonds. The fraction of sp³-hybridized carbons (Fsp3) is 0.167. The van der Waals surface area contributed by atoms with E-state index in [0.717, 1.165) is 15.7 Å². The first-order valence-corrected chi connectivity index (χ1v) is 10.9. The Bertz CT molecular complexity index is 1480. The third kappa shape index (κ3) is 3.92. The highest BCUT2D eigenvalue weighted by molar-refractivity contribution is 7.17. The molecule has 4 rings (SSSR count). The minimum absolute atomic E-state index is 0.0667. The van der Waals surface area contributed by atoms with Gasteiger partial charge in [0.2, 0.25) is 5.91 Å². The summed E-state index contributed by atoms with van der Waals surface area (Å²) in [4.78, 5) is 50.6. The number of ketones is 1. The van der Waals surface area contributed by atoms with Crippen molar-refractivity contribution in [1.82, 2.24) is 9.13 Å². The number of thiophene rings is 1. The molecule has 0 fully saturated rings. The van der Waals surface area contributed by atoms with Crippen LogP contribution < -0.4 is 16.6 Å². The Morgan fingerprint density at radius 1 is 1.00 bits per heavy atom. The topological polar surface area (TPSA) is 90.2 Å². The zero-order chi connectivity index (χ0) is 23.0. The van der Waals surface area contributed by atoms with E-state index in [2.05, 4.69) is 5.32 Å². The highest BCUT2D eigenvalue weighted by Crippen LogP contribution is 2.19. The Morgan fingerprint density at radius 3 is 2.38 bits per heavy atom. The van der Waals surface area contributed by atoms with E-state index < -0.39 is 17.2 Å². The van der Waals surface area contributed by atoms with Crippen molar-refractivity contribution < 1.29 is 9.59 Å². The van der Waals surface area contributed by atoms with Crippen molar-refractivity contribution in [2.75, 3.05) is 5.32 Å². The largest absolute Gasteiger partial charge is 0.336 e. The molecule has 2 aromatic carbocycles. The fourth-order valence-corrected chi connectivity index (χ4v) is 4.47. The number of anilines is 1. The average Bonchev–Trinajstić information content (AvgIpc) is 3.23. The molecule has 1 N–H and O–H groups in total. The predicted molar refractivity (Wildman–Crippen MR) is 126 cm³/mol. The summed E-state index contributed by atoms with van der Waals surface area (Å²) in [6, 6.07) is 13.7. The van der Waals surface area contributed by atoms with Gasteiger partial charge in [-0.25, -0.2) is 9.36 Å². The van der Waals surface area contributed by atoms with Gasteiger partial charge in [-0.1, -0.05) is 17.7 Å². The summed E-state index contributed by atoms with van der Waals surface area (Å²) in [5.74, 6) is -0.482. The number of aromatic nitrogens is 2. The van der Waals surface area contributed by atoms with Gasteiger partial charge in [0, 0.05) is 11.3 Å². The molecule has 0 saturated carbocycles. The van der Waals surface area contributed by atoms with E-state index in [-0.39, 0.29) is 12.3 Å². The van der Waals surface area contributed by atoms with Crippen LogP contribution in [0.15, 0.2) is 63.5 Å². The number of benzene rings is 2. The second kappa shape index (κ2) is 8.39. The second-order valence-electron chi connectivity index (χ2n) is 7.62. The van der Waals surface area contributed by atoms with Gasteiger partial charge >= 0.3 is 5.69 Å². The Morgan fingerprint density at radius 2 is 1.72 bits per heavy atom. The van der Waals surface area contributed by atoms with Crippen LogP contribution in [0.1, 0.15) is 28.4 Å². The lowest BCUT2D eigenvalue weighted by atomic mass is 10.1. The van der Waals surface area contributed by atoms with Crippen molar-refractivity contribution in [3.63, 3.8) is 0 Å². The number of rotatable bonds is 5. The first-order chi connectivity index (χ1) is 15.3. The van der Waals surface area contributed by atoms with Crippen LogP contribution in [0.25, 0.3) is 15.9 Å². The summed E-state index contributed by atoms with van der Waals surface area (Å²) in [5, 5.41) is 4.47. The summed E-state index contributed by atoms with van der Waals surface area (Å²) < 4.78 is 2.84. The molecule has 4 aromatic rings. The molecule has 0 atom stereocenters. The lowest BCUT2D eigenvalue weighted by Crippen LogP contribution is -2.40. The maximum absolute atomic E-state index is 13.4. The molecule has 8 heteroatoms. The summed E-state index contributed by atoms with van der Waals surface area (Å²) in [6.07, 6.45) is 0. The number of carbonyl (C=O) groups is 2. The van der Waals surface area contributed by atoms with E-state index in [1.54, 1.807) is 41.8 Å². The number of Topliss-reactive ketones (excluding diaryl/α,β-unsaturated/α-hetero) is 1. The summed E-state index contributed by atoms with van der Waals surface area (Å²) in [5.41, 5.74) is 2.81. The molecule has 0 saturated heterocycles. The lowest BCUT2D eigenvalue weighted by Gasteiger charge is -2.14. The summed E-state index contributed by atoms with van der Waals surface area (Å²) >= 11 is 1.23. The molecule has 2 aromatic heterocycles. The van der Waals surface area contributed by atoms with Crippen LogP contribution >= 0.6 is 11.3 Å². The van der Waals surface area contributed by atoms with Crippen molar-refractivity contribution >= 4 is 38.9 Å². The van der Waals surface area contributed by atoms with Gasteiger partial charge in [0.1, 0.15) is 11.2 Å². The van der Waals surface area contributed by atoms with E-state index in [4.69, 9.17) is 0 Å². The van der Waals surface area contributed by atoms with Crippen molar-refractivity contribution in [2.24, 2.45) is 0 Å². The average molecular weight is 448 g/mol. The van der Waals surface area contributed by atoms with Gasteiger partial charge in [-0.15, -0.1) is 11.3 Å². The van der Waals surface area contributed by atoms with E-state index in [1.807, 2.05) is 26.0 Å². The van der Waals surface area contributed by atoms with E-state index in [1.165, 1.54) is 22.8 Å². The molecule has 0 aliphatic carbocycles. The van der Waals surface area contributed by atoms with Crippen LogP contribution in [0.5, 0.6) is 0 Å². The third-order valence-corrected chi connectivity index (χ3v) is 6.12. The Kier molecular flexibility index (Phi) is 5.63. The molecule has 0 radical (unpaired) electrons. The van der Waals surface area contributed by atoms with E-state index >= 15 is 0 Å². The number of fused-ring (bicyclic) bond motifs is 1. The molecule has 162 valence electrons. The van der Waals surface area contributed by atoms with Crippen LogP contribution in [-0.2, 0) is 11.3 Å². The van der Waals surface area contributed by atoms with Gasteiger partial charge in [0.25, 0.3) is 5.56 Å². The number of aryl methyl sites for hydroxylation is 2. The maximum atomic E-state index is 13.4. The molecule has 0 spiro atoms. The zero-order valence-electron chi connectivity index (χ0n) is 17.8. The van der Waals surface area contributed by atoms with Gasteiger partial charge in [-0.3, -0.25) is 19.0 Å². The molecule has 0 unspecified atom stereocenters. The summed E-state index contributed by atoms with van der Waals surface area (Å²) in [6.45, 7) is 4.99. The number of carbonyl (C=O) groups excluding carboxylic acids is 2. The number of nitrogens with one attached hydrogen (secondary N) is 1. The van der Waals surface area contributed by atoms with Crippen LogP contribution in [0, 0.1) is 13.8 Å². The molecule has 0 bridgehead atoms. The van der Waals surface area contributed by atoms with E-state index in [9.17, 15) is 19.2 Å². The molecule has 0 aliphatic heterocycles. The van der Waals surface area contributed by atoms with Crippen molar-refractivity contribution in [3.8, 4) is 5.69 Å². The first-order valence-electron chi connectivity index (χ1n) is 9.98. The van der Waals surface area contributed by atoms with Crippen LogP contribution in [0.3, 0.4) is 0 Å². The van der Waals surface area contributed by atoms with Crippen LogP contribution in [-0.4, -0.2) is 20.8 Å². The Balaban J connectivity index is 1.75.